The van der Waals surface area contributed by atoms with Crippen molar-refractivity contribution in [1.82, 2.24) is 10.3 Å². The second-order valence-electron chi connectivity index (χ2n) is 4.65. The maximum atomic E-state index is 11.8. The summed E-state index contributed by atoms with van der Waals surface area (Å²) in [6, 6.07) is 7.38. The molecule has 0 bridgehead atoms. The average Bonchev–Trinajstić information content (AvgIpc) is 2.68. The Balaban J connectivity index is 1.79. The molecule has 1 aromatic carbocycles. The minimum Gasteiger partial charge on any atom is -0.355 e. The number of benzene rings is 1. The predicted molar refractivity (Wildman–Crippen MR) is 83.5 cm³/mol. The first kappa shape index (κ1) is 15.0. The summed E-state index contributed by atoms with van der Waals surface area (Å²) in [6.07, 6.45) is 1.19. The van der Waals surface area contributed by atoms with E-state index in [1.807, 2.05) is 32.0 Å². The van der Waals surface area contributed by atoms with Crippen LogP contribution in [0.15, 0.2) is 24.3 Å². The van der Waals surface area contributed by atoms with Crippen LogP contribution in [0.2, 0.25) is 5.02 Å². The van der Waals surface area contributed by atoms with Gasteiger partial charge in [-0.15, -0.1) is 11.3 Å². The van der Waals surface area contributed by atoms with Gasteiger partial charge in [-0.2, -0.15) is 0 Å². The minimum atomic E-state index is 0.0196. The molecular formula is C15H17ClN2OS. The molecule has 1 aromatic heterocycles. The molecular weight excluding hydrogens is 292 g/mol. The van der Waals surface area contributed by atoms with E-state index < -0.39 is 0 Å². The highest BCUT2D eigenvalue weighted by Gasteiger charge is 2.07. The van der Waals surface area contributed by atoms with Crippen LogP contribution in [0.4, 0.5) is 0 Å². The molecule has 1 heterocycles. The van der Waals surface area contributed by atoms with Crippen molar-refractivity contribution in [2.45, 2.75) is 26.7 Å². The normalized spacial score (nSPS) is 10.6. The molecule has 0 spiro atoms. The number of hydrogen-bond acceptors (Lipinski definition) is 3. The van der Waals surface area contributed by atoms with Crippen molar-refractivity contribution in [2.24, 2.45) is 0 Å². The van der Waals surface area contributed by atoms with Crippen LogP contribution in [-0.4, -0.2) is 17.4 Å². The molecule has 0 saturated carbocycles. The van der Waals surface area contributed by atoms with Crippen molar-refractivity contribution < 1.29 is 4.79 Å². The van der Waals surface area contributed by atoms with Crippen molar-refractivity contribution in [3.63, 3.8) is 0 Å². The molecule has 0 unspecified atom stereocenters. The van der Waals surface area contributed by atoms with Gasteiger partial charge in [0, 0.05) is 22.9 Å². The van der Waals surface area contributed by atoms with Gasteiger partial charge in [0.1, 0.15) is 0 Å². The Morgan fingerprint density at radius 1 is 1.40 bits per heavy atom. The second kappa shape index (κ2) is 6.86. The van der Waals surface area contributed by atoms with Crippen molar-refractivity contribution in [3.05, 3.63) is 50.4 Å². The van der Waals surface area contributed by atoms with E-state index in [0.717, 1.165) is 22.7 Å². The second-order valence-corrected chi connectivity index (χ2v) is 6.37. The first-order chi connectivity index (χ1) is 9.54. The maximum Gasteiger partial charge on any atom is 0.224 e. The standard InChI is InChI=1S/C15H17ClN2OS/c1-10-14(20-11(2)18-10)6-7-17-15(19)9-12-4-3-5-13(16)8-12/h3-5,8H,6-7,9H2,1-2H3,(H,17,19). The van der Waals surface area contributed by atoms with Gasteiger partial charge in [0.15, 0.2) is 0 Å². The van der Waals surface area contributed by atoms with E-state index in [9.17, 15) is 4.79 Å². The summed E-state index contributed by atoms with van der Waals surface area (Å²) in [5, 5.41) is 4.66. The maximum absolute atomic E-state index is 11.8. The van der Waals surface area contributed by atoms with Gasteiger partial charge in [0.05, 0.1) is 17.1 Å². The molecule has 3 nitrogen and oxygen atoms in total. The monoisotopic (exact) mass is 308 g/mol. The topological polar surface area (TPSA) is 42.0 Å². The zero-order valence-electron chi connectivity index (χ0n) is 11.6. The third-order valence-corrected chi connectivity index (χ3v) is 4.30. The molecule has 0 aliphatic rings. The summed E-state index contributed by atoms with van der Waals surface area (Å²) < 4.78 is 0. The van der Waals surface area contributed by atoms with E-state index in [4.69, 9.17) is 11.6 Å². The fraction of sp³-hybridized carbons (Fsp3) is 0.333. The Morgan fingerprint density at radius 2 is 2.20 bits per heavy atom. The van der Waals surface area contributed by atoms with E-state index in [1.165, 1.54) is 4.88 Å². The van der Waals surface area contributed by atoms with Crippen LogP contribution in [0.3, 0.4) is 0 Å². The van der Waals surface area contributed by atoms with Gasteiger partial charge in [0.2, 0.25) is 5.91 Å². The Morgan fingerprint density at radius 3 is 2.85 bits per heavy atom. The first-order valence-electron chi connectivity index (χ1n) is 6.48. The molecule has 0 fully saturated rings. The molecule has 2 rings (SSSR count). The van der Waals surface area contributed by atoms with Gasteiger partial charge < -0.3 is 5.32 Å². The lowest BCUT2D eigenvalue weighted by Gasteiger charge is -2.05. The van der Waals surface area contributed by atoms with Crippen LogP contribution >= 0.6 is 22.9 Å². The van der Waals surface area contributed by atoms with Gasteiger partial charge in [-0.05, 0) is 31.5 Å². The zero-order valence-corrected chi connectivity index (χ0v) is 13.1. The van der Waals surface area contributed by atoms with Gasteiger partial charge in [-0.1, -0.05) is 23.7 Å². The van der Waals surface area contributed by atoms with Gasteiger partial charge in [0.25, 0.3) is 0 Å². The highest BCUT2D eigenvalue weighted by molar-refractivity contribution is 7.11. The SMILES string of the molecule is Cc1nc(C)c(CCNC(=O)Cc2cccc(Cl)c2)s1. The summed E-state index contributed by atoms with van der Waals surface area (Å²) in [7, 11) is 0. The number of amides is 1. The first-order valence-corrected chi connectivity index (χ1v) is 7.68. The van der Waals surface area contributed by atoms with E-state index in [0.29, 0.717) is 18.0 Å². The number of hydrogen-bond donors (Lipinski definition) is 1. The number of carbonyl (C=O) groups is 1. The van der Waals surface area contributed by atoms with Crippen LogP contribution < -0.4 is 5.32 Å². The van der Waals surface area contributed by atoms with E-state index in [2.05, 4.69) is 10.3 Å². The number of aryl methyl sites for hydroxylation is 2. The molecule has 0 radical (unpaired) electrons. The van der Waals surface area contributed by atoms with Crippen LogP contribution in [0.5, 0.6) is 0 Å². The third kappa shape index (κ3) is 4.32. The fourth-order valence-corrected chi connectivity index (χ4v) is 3.17. The lowest BCUT2D eigenvalue weighted by Crippen LogP contribution is -2.27. The molecule has 0 aliphatic carbocycles. The average molecular weight is 309 g/mol. The smallest absolute Gasteiger partial charge is 0.224 e. The van der Waals surface area contributed by atoms with Crippen molar-refractivity contribution in [2.75, 3.05) is 6.54 Å². The highest BCUT2D eigenvalue weighted by atomic mass is 35.5. The fourth-order valence-electron chi connectivity index (χ4n) is 2.02. The third-order valence-electron chi connectivity index (χ3n) is 2.93. The van der Waals surface area contributed by atoms with Gasteiger partial charge in [-0.25, -0.2) is 4.98 Å². The predicted octanol–water partition coefficient (Wildman–Crippen LogP) is 3.31. The number of nitrogens with one attached hydrogen (secondary N) is 1. The lowest BCUT2D eigenvalue weighted by atomic mass is 10.1. The molecule has 0 aliphatic heterocycles. The van der Waals surface area contributed by atoms with Crippen LogP contribution in [0.1, 0.15) is 21.1 Å². The van der Waals surface area contributed by atoms with E-state index in [1.54, 1.807) is 17.4 Å². The molecule has 2 aromatic rings. The molecule has 20 heavy (non-hydrogen) atoms. The zero-order chi connectivity index (χ0) is 14.5. The number of aromatic nitrogens is 1. The van der Waals surface area contributed by atoms with Crippen molar-refractivity contribution in [3.8, 4) is 0 Å². The number of thiazole rings is 1. The summed E-state index contributed by atoms with van der Waals surface area (Å²) in [5.41, 5.74) is 2.00. The molecule has 5 heteroatoms. The summed E-state index contributed by atoms with van der Waals surface area (Å²) in [5.74, 6) is 0.0196. The number of halogens is 1. The van der Waals surface area contributed by atoms with Crippen molar-refractivity contribution >= 4 is 28.8 Å². The number of rotatable bonds is 5. The Hall–Kier alpha value is -1.39. The molecule has 106 valence electrons. The van der Waals surface area contributed by atoms with Crippen LogP contribution in [0.25, 0.3) is 0 Å². The molecule has 0 saturated heterocycles. The molecule has 0 atom stereocenters. The van der Waals surface area contributed by atoms with Crippen LogP contribution in [-0.2, 0) is 17.6 Å². The minimum absolute atomic E-state index is 0.0196. The Bertz CT molecular complexity index is 610. The number of nitrogens with zero attached hydrogens (tertiary/aromatic N) is 1. The summed E-state index contributed by atoms with van der Waals surface area (Å²) in [4.78, 5) is 17.5. The number of carbonyl (C=O) groups excluding carboxylic acids is 1. The van der Waals surface area contributed by atoms with E-state index >= 15 is 0 Å². The Labute approximate surface area is 128 Å². The van der Waals surface area contributed by atoms with E-state index in [-0.39, 0.29) is 5.91 Å². The van der Waals surface area contributed by atoms with Gasteiger partial charge >= 0.3 is 0 Å². The van der Waals surface area contributed by atoms with Gasteiger partial charge in [-0.3, -0.25) is 4.79 Å². The van der Waals surface area contributed by atoms with Crippen LogP contribution in [0, 0.1) is 13.8 Å². The summed E-state index contributed by atoms with van der Waals surface area (Å²) >= 11 is 7.59. The molecule has 1 N–H and O–H groups in total. The Kier molecular flexibility index (Phi) is 5.15. The lowest BCUT2D eigenvalue weighted by molar-refractivity contribution is -0.120. The summed E-state index contributed by atoms with van der Waals surface area (Å²) in [6.45, 7) is 4.65. The molecule has 1 amide bonds. The largest absolute Gasteiger partial charge is 0.355 e. The van der Waals surface area contributed by atoms with Crippen molar-refractivity contribution in [1.29, 1.82) is 0 Å². The quantitative estimate of drug-likeness (QED) is 0.920. The highest BCUT2D eigenvalue weighted by Crippen LogP contribution is 2.17.